The number of urea groups is 1. The predicted octanol–water partition coefficient (Wildman–Crippen LogP) is 2.19. The second-order valence-corrected chi connectivity index (χ2v) is 7.59. The molecule has 1 saturated heterocycles. The molecule has 1 rings (SSSR count). The molecule has 1 aliphatic heterocycles. The van der Waals surface area contributed by atoms with Gasteiger partial charge in [0.1, 0.15) is 0 Å². The molecule has 0 aliphatic carbocycles. The van der Waals surface area contributed by atoms with E-state index in [1.165, 1.54) is 0 Å². The lowest BCUT2D eigenvalue weighted by Gasteiger charge is -2.38. The highest BCUT2D eigenvalue weighted by Gasteiger charge is 2.30. The van der Waals surface area contributed by atoms with E-state index in [2.05, 4.69) is 33.0 Å². The number of methoxy groups -OCH3 is 1. The number of nitrogens with zero attached hydrogens (tertiary/aromatic N) is 1. The van der Waals surface area contributed by atoms with Gasteiger partial charge in [-0.3, -0.25) is 0 Å². The second-order valence-electron chi connectivity index (χ2n) is 5.79. The van der Waals surface area contributed by atoms with Gasteiger partial charge in [-0.2, -0.15) is 11.8 Å². The molecule has 4 nitrogen and oxygen atoms in total. The largest absolute Gasteiger partial charge is 0.383 e. The van der Waals surface area contributed by atoms with Crippen LogP contribution in [-0.4, -0.2) is 54.3 Å². The molecule has 0 aromatic carbocycles. The topological polar surface area (TPSA) is 41.6 Å². The molecule has 0 bridgehead atoms. The maximum Gasteiger partial charge on any atom is 0.317 e. The van der Waals surface area contributed by atoms with Crippen LogP contribution in [0.2, 0.25) is 0 Å². The minimum atomic E-state index is 0.0409. The van der Waals surface area contributed by atoms with Crippen LogP contribution in [-0.2, 0) is 4.74 Å². The van der Waals surface area contributed by atoms with Crippen molar-refractivity contribution in [1.29, 1.82) is 0 Å². The Bertz CT molecular complexity index is 282. The van der Waals surface area contributed by atoms with Crippen molar-refractivity contribution in [2.45, 2.75) is 38.5 Å². The Hall–Kier alpha value is -0.420. The maximum absolute atomic E-state index is 12.2. The first-order chi connectivity index (χ1) is 8.35. The second kappa shape index (κ2) is 6.66. The standard InChI is InChI=1S/C13H26N2O2S/c1-10(2)11(8-17-5)14-12(16)15-6-7-18-13(3,4)9-15/h10-11H,6-9H2,1-5H3,(H,14,16)/t11-/m1/s1. The zero-order chi connectivity index (χ0) is 13.8. The SMILES string of the molecule is COC[C@@H](NC(=O)N1CCSC(C)(C)C1)C(C)C. The van der Waals surface area contributed by atoms with E-state index in [1.54, 1.807) is 7.11 Å². The lowest BCUT2D eigenvalue weighted by Crippen LogP contribution is -2.53. The van der Waals surface area contributed by atoms with E-state index < -0.39 is 0 Å². The number of ether oxygens (including phenoxy) is 1. The zero-order valence-corrected chi connectivity index (χ0v) is 13.0. The minimum absolute atomic E-state index is 0.0409. The van der Waals surface area contributed by atoms with Crippen LogP contribution in [0.15, 0.2) is 0 Å². The van der Waals surface area contributed by atoms with Crippen LogP contribution in [0, 0.1) is 5.92 Å². The van der Waals surface area contributed by atoms with Crippen LogP contribution in [0.3, 0.4) is 0 Å². The Kier molecular flexibility index (Phi) is 5.79. The van der Waals surface area contributed by atoms with Gasteiger partial charge in [0.05, 0.1) is 12.6 Å². The average molecular weight is 274 g/mol. The normalized spacial score (nSPS) is 20.9. The first kappa shape index (κ1) is 15.6. The molecule has 0 aromatic rings. The van der Waals surface area contributed by atoms with E-state index in [0.29, 0.717) is 12.5 Å². The molecule has 0 spiro atoms. The van der Waals surface area contributed by atoms with Crippen molar-refractivity contribution < 1.29 is 9.53 Å². The Balaban J connectivity index is 2.53. The number of hydrogen-bond donors (Lipinski definition) is 1. The molecule has 1 N–H and O–H groups in total. The van der Waals surface area contributed by atoms with Crippen LogP contribution in [0.25, 0.3) is 0 Å². The third kappa shape index (κ3) is 4.69. The summed E-state index contributed by atoms with van der Waals surface area (Å²) in [5.41, 5.74) is 0. The van der Waals surface area contributed by atoms with Crippen LogP contribution in [0.4, 0.5) is 4.79 Å². The fourth-order valence-corrected chi connectivity index (χ4v) is 3.13. The highest BCUT2D eigenvalue weighted by atomic mass is 32.2. The number of nitrogens with one attached hydrogen (secondary N) is 1. The first-order valence-electron chi connectivity index (χ1n) is 6.54. The quantitative estimate of drug-likeness (QED) is 0.854. The summed E-state index contributed by atoms with van der Waals surface area (Å²) in [7, 11) is 1.67. The Morgan fingerprint density at radius 2 is 2.17 bits per heavy atom. The number of rotatable bonds is 4. The monoisotopic (exact) mass is 274 g/mol. The molecule has 18 heavy (non-hydrogen) atoms. The van der Waals surface area contributed by atoms with Crippen molar-refractivity contribution in [3.63, 3.8) is 0 Å². The van der Waals surface area contributed by atoms with Crippen molar-refractivity contribution in [2.24, 2.45) is 5.92 Å². The van der Waals surface area contributed by atoms with Crippen LogP contribution >= 0.6 is 11.8 Å². The summed E-state index contributed by atoms with van der Waals surface area (Å²) < 4.78 is 5.31. The van der Waals surface area contributed by atoms with Crippen molar-refractivity contribution in [3.8, 4) is 0 Å². The Morgan fingerprint density at radius 3 is 2.67 bits per heavy atom. The highest BCUT2D eigenvalue weighted by molar-refractivity contribution is 8.00. The molecular weight excluding hydrogens is 248 g/mol. The van der Waals surface area contributed by atoms with E-state index in [4.69, 9.17) is 4.74 Å². The van der Waals surface area contributed by atoms with Crippen LogP contribution in [0.5, 0.6) is 0 Å². The van der Waals surface area contributed by atoms with Gasteiger partial charge >= 0.3 is 6.03 Å². The zero-order valence-electron chi connectivity index (χ0n) is 12.2. The smallest absolute Gasteiger partial charge is 0.317 e. The fourth-order valence-electron chi connectivity index (χ4n) is 2.02. The van der Waals surface area contributed by atoms with E-state index in [1.807, 2.05) is 16.7 Å². The number of carbonyl (C=O) groups is 1. The van der Waals surface area contributed by atoms with Crippen LogP contribution < -0.4 is 5.32 Å². The molecule has 1 atom stereocenters. The maximum atomic E-state index is 12.2. The summed E-state index contributed by atoms with van der Waals surface area (Å²) in [6, 6.07) is 0.124. The summed E-state index contributed by atoms with van der Waals surface area (Å²) in [5.74, 6) is 1.39. The minimum Gasteiger partial charge on any atom is -0.383 e. The van der Waals surface area contributed by atoms with Crippen LogP contribution in [0.1, 0.15) is 27.7 Å². The summed E-state index contributed by atoms with van der Waals surface area (Å²) in [5, 5.41) is 3.08. The summed E-state index contributed by atoms with van der Waals surface area (Å²) in [4.78, 5) is 14.1. The van der Waals surface area contributed by atoms with Gasteiger partial charge in [-0.1, -0.05) is 13.8 Å². The van der Waals surface area contributed by atoms with Crippen molar-refractivity contribution in [2.75, 3.05) is 32.6 Å². The van der Waals surface area contributed by atoms with Crippen molar-refractivity contribution >= 4 is 17.8 Å². The molecule has 106 valence electrons. The van der Waals surface area contributed by atoms with E-state index >= 15 is 0 Å². The molecule has 0 radical (unpaired) electrons. The van der Waals surface area contributed by atoms with Gasteiger partial charge in [0, 0.05) is 30.7 Å². The molecule has 5 heteroatoms. The van der Waals surface area contributed by atoms with Gasteiger partial charge in [0.25, 0.3) is 0 Å². The van der Waals surface area contributed by atoms with E-state index in [9.17, 15) is 4.79 Å². The van der Waals surface area contributed by atoms with Gasteiger partial charge in [0.15, 0.2) is 0 Å². The third-order valence-electron chi connectivity index (χ3n) is 3.17. The highest BCUT2D eigenvalue weighted by Crippen LogP contribution is 2.29. The van der Waals surface area contributed by atoms with E-state index in [0.717, 1.165) is 18.8 Å². The number of hydrogen-bond acceptors (Lipinski definition) is 3. The molecule has 1 aliphatic rings. The molecule has 0 aromatic heterocycles. The summed E-state index contributed by atoms with van der Waals surface area (Å²) in [6.45, 7) is 10.8. The Morgan fingerprint density at radius 1 is 1.50 bits per heavy atom. The third-order valence-corrected chi connectivity index (χ3v) is 4.47. The number of thioether (sulfide) groups is 1. The van der Waals surface area contributed by atoms with Gasteiger partial charge in [-0.05, 0) is 19.8 Å². The molecule has 1 heterocycles. The number of amides is 2. The first-order valence-corrected chi connectivity index (χ1v) is 7.52. The van der Waals surface area contributed by atoms with Gasteiger partial charge < -0.3 is 15.0 Å². The average Bonchev–Trinajstić information content (AvgIpc) is 2.26. The molecule has 0 unspecified atom stereocenters. The summed E-state index contributed by atoms with van der Waals surface area (Å²) in [6.07, 6.45) is 0. The predicted molar refractivity (Wildman–Crippen MR) is 77.1 cm³/mol. The summed E-state index contributed by atoms with van der Waals surface area (Å²) >= 11 is 1.93. The van der Waals surface area contributed by atoms with Crippen molar-refractivity contribution in [1.82, 2.24) is 10.2 Å². The molecule has 1 fully saturated rings. The lowest BCUT2D eigenvalue weighted by molar-refractivity contribution is 0.138. The molecule has 2 amide bonds. The lowest BCUT2D eigenvalue weighted by atomic mass is 10.1. The molecular formula is C13H26N2O2S. The number of carbonyl (C=O) groups excluding carboxylic acids is 1. The van der Waals surface area contributed by atoms with Gasteiger partial charge in [0.2, 0.25) is 0 Å². The van der Waals surface area contributed by atoms with E-state index in [-0.39, 0.29) is 16.8 Å². The fraction of sp³-hybridized carbons (Fsp3) is 0.923. The Labute approximate surface area is 115 Å². The molecule has 0 saturated carbocycles. The van der Waals surface area contributed by atoms with Gasteiger partial charge in [-0.25, -0.2) is 4.79 Å². The van der Waals surface area contributed by atoms with Gasteiger partial charge in [-0.15, -0.1) is 0 Å². The van der Waals surface area contributed by atoms with Crippen molar-refractivity contribution in [3.05, 3.63) is 0 Å².